The van der Waals surface area contributed by atoms with Gasteiger partial charge in [-0.25, -0.2) is 9.48 Å². The van der Waals surface area contributed by atoms with Gasteiger partial charge in [-0.2, -0.15) is 5.10 Å². The molecule has 1 aliphatic heterocycles. The number of anilines is 1. The van der Waals surface area contributed by atoms with Crippen LogP contribution in [0.3, 0.4) is 0 Å². The molecule has 1 N–H and O–H groups in total. The molecule has 0 saturated carbocycles. The number of benzene rings is 1. The highest BCUT2D eigenvalue weighted by Crippen LogP contribution is 2.18. The molecule has 6 nitrogen and oxygen atoms in total. The Morgan fingerprint density at radius 2 is 1.92 bits per heavy atom. The van der Waals surface area contributed by atoms with E-state index < -0.39 is 0 Å². The van der Waals surface area contributed by atoms with Crippen molar-refractivity contribution in [2.24, 2.45) is 0 Å². The van der Waals surface area contributed by atoms with E-state index in [1.165, 1.54) is 0 Å². The molecule has 24 heavy (non-hydrogen) atoms. The van der Waals surface area contributed by atoms with Gasteiger partial charge >= 0.3 is 6.03 Å². The lowest BCUT2D eigenvalue weighted by Crippen LogP contribution is -2.49. The van der Waals surface area contributed by atoms with Crippen LogP contribution in [0.25, 0.3) is 5.69 Å². The van der Waals surface area contributed by atoms with Crippen LogP contribution in [0, 0.1) is 13.8 Å². The van der Waals surface area contributed by atoms with Gasteiger partial charge in [-0.1, -0.05) is 6.07 Å². The van der Waals surface area contributed by atoms with Crippen molar-refractivity contribution < 1.29 is 9.53 Å². The number of carbonyl (C=O) groups excluding carboxylic acids is 1. The van der Waals surface area contributed by atoms with Gasteiger partial charge in [0.25, 0.3) is 0 Å². The number of rotatable bonds is 2. The lowest BCUT2D eigenvalue weighted by molar-refractivity contribution is -0.0530. The van der Waals surface area contributed by atoms with Gasteiger partial charge in [0, 0.05) is 24.5 Å². The molecule has 1 aromatic carbocycles. The second-order valence-electron chi connectivity index (χ2n) is 6.48. The summed E-state index contributed by atoms with van der Waals surface area (Å²) < 4.78 is 7.55. The summed E-state index contributed by atoms with van der Waals surface area (Å²) in [6.45, 7) is 9.16. The first kappa shape index (κ1) is 16.5. The number of carbonyl (C=O) groups is 1. The molecule has 2 aromatic rings. The molecule has 2 amide bonds. The van der Waals surface area contributed by atoms with Gasteiger partial charge in [-0.15, -0.1) is 0 Å². The van der Waals surface area contributed by atoms with E-state index in [-0.39, 0.29) is 18.2 Å². The van der Waals surface area contributed by atoms with Crippen molar-refractivity contribution >= 4 is 11.7 Å². The van der Waals surface area contributed by atoms with Crippen molar-refractivity contribution in [3.63, 3.8) is 0 Å². The zero-order valence-electron chi connectivity index (χ0n) is 14.6. The van der Waals surface area contributed by atoms with Crippen LogP contribution in [-0.4, -0.2) is 46.0 Å². The molecule has 1 aliphatic rings. The predicted octanol–water partition coefficient (Wildman–Crippen LogP) is 3.13. The van der Waals surface area contributed by atoms with E-state index in [4.69, 9.17) is 4.74 Å². The van der Waals surface area contributed by atoms with Crippen LogP contribution >= 0.6 is 0 Å². The number of hydrogen-bond donors (Lipinski definition) is 1. The van der Waals surface area contributed by atoms with Gasteiger partial charge in [-0.05, 0) is 52.0 Å². The van der Waals surface area contributed by atoms with Crippen molar-refractivity contribution in [3.8, 4) is 5.69 Å². The molecule has 1 fully saturated rings. The predicted molar refractivity (Wildman–Crippen MR) is 93.6 cm³/mol. The molecule has 0 bridgehead atoms. The molecule has 6 heteroatoms. The smallest absolute Gasteiger partial charge is 0.322 e. The van der Waals surface area contributed by atoms with Crippen LogP contribution < -0.4 is 5.32 Å². The van der Waals surface area contributed by atoms with E-state index in [0.717, 1.165) is 22.8 Å². The zero-order valence-corrected chi connectivity index (χ0v) is 14.6. The fourth-order valence-electron chi connectivity index (χ4n) is 3.15. The van der Waals surface area contributed by atoms with Crippen LogP contribution in [0.4, 0.5) is 10.5 Å². The van der Waals surface area contributed by atoms with Crippen molar-refractivity contribution in [3.05, 3.63) is 41.7 Å². The molecule has 0 radical (unpaired) electrons. The molecule has 2 unspecified atom stereocenters. The van der Waals surface area contributed by atoms with Crippen molar-refractivity contribution in [2.45, 2.75) is 39.9 Å². The summed E-state index contributed by atoms with van der Waals surface area (Å²) in [7, 11) is 0. The first-order chi connectivity index (χ1) is 11.4. The number of hydrogen-bond acceptors (Lipinski definition) is 3. The van der Waals surface area contributed by atoms with Crippen LogP contribution in [0.15, 0.2) is 30.3 Å². The number of urea groups is 1. The van der Waals surface area contributed by atoms with Crippen LogP contribution in [0.5, 0.6) is 0 Å². The van der Waals surface area contributed by atoms with Gasteiger partial charge in [-0.3, -0.25) is 0 Å². The van der Waals surface area contributed by atoms with Crippen LogP contribution in [0.1, 0.15) is 25.2 Å². The van der Waals surface area contributed by atoms with E-state index in [1.807, 2.05) is 62.7 Å². The maximum atomic E-state index is 12.5. The number of nitrogens with one attached hydrogen (secondary N) is 1. The minimum absolute atomic E-state index is 0.0560. The number of aryl methyl sites for hydroxylation is 2. The Labute approximate surface area is 142 Å². The lowest BCUT2D eigenvalue weighted by atomic mass is 10.2. The third kappa shape index (κ3) is 3.59. The highest BCUT2D eigenvalue weighted by atomic mass is 16.5. The normalized spacial score (nSPS) is 20.9. The zero-order chi connectivity index (χ0) is 17.3. The molecule has 2 heterocycles. The molecule has 0 spiro atoms. The van der Waals surface area contributed by atoms with Crippen LogP contribution in [-0.2, 0) is 4.74 Å². The third-order valence-electron chi connectivity index (χ3n) is 4.06. The van der Waals surface area contributed by atoms with E-state index in [9.17, 15) is 4.79 Å². The quantitative estimate of drug-likeness (QED) is 0.921. The highest BCUT2D eigenvalue weighted by molar-refractivity contribution is 5.89. The molecular formula is C18H24N4O2. The molecule has 2 atom stereocenters. The summed E-state index contributed by atoms with van der Waals surface area (Å²) in [5.41, 5.74) is 3.73. The van der Waals surface area contributed by atoms with Gasteiger partial charge in [0.2, 0.25) is 0 Å². The molecule has 3 rings (SSSR count). The standard InChI is InChI=1S/C18H24N4O2/c1-12-8-13(2)22(20-12)17-7-5-6-16(9-17)19-18(23)21-10-14(3)24-15(4)11-21/h5-9,14-15H,10-11H2,1-4H3,(H,19,23). The summed E-state index contributed by atoms with van der Waals surface area (Å²) in [5.74, 6) is 0. The van der Waals surface area contributed by atoms with Gasteiger partial charge in [0.05, 0.1) is 23.6 Å². The van der Waals surface area contributed by atoms with E-state index in [2.05, 4.69) is 10.4 Å². The molecule has 1 aromatic heterocycles. The second-order valence-corrected chi connectivity index (χ2v) is 6.48. The van der Waals surface area contributed by atoms with Crippen LogP contribution in [0.2, 0.25) is 0 Å². The van der Waals surface area contributed by atoms with Gasteiger partial charge < -0.3 is 15.0 Å². The summed E-state index contributed by atoms with van der Waals surface area (Å²) in [5, 5.41) is 7.47. The Kier molecular flexibility index (Phi) is 4.57. The summed E-state index contributed by atoms with van der Waals surface area (Å²) >= 11 is 0. The van der Waals surface area contributed by atoms with E-state index in [0.29, 0.717) is 13.1 Å². The number of ether oxygens (including phenoxy) is 1. The van der Waals surface area contributed by atoms with Gasteiger partial charge in [0.1, 0.15) is 0 Å². The number of morpholine rings is 1. The first-order valence-electron chi connectivity index (χ1n) is 8.27. The Balaban J connectivity index is 1.75. The van der Waals surface area contributed by atoms with E-state index >= 15 is 0 Å². The largest absolute Gasteiger partial charge is 0.372 e. The molecular weight excluding hydrogens is 304 g/mol. The molecule has 128 valence electrons. The number of amides is 2. The van der Waals surface area contributed by atoms with Crippen molar-refractivity contribution in [2.75, 3.05) is 18.4 Å². The fourth-order valence-corrected chi connectivity index (χ4v) is 3.15. The maximum absolute atomic E-state index is 12.5. The lowest BCUT2D eigenvalue weighted by Gasteiger charge is -2.35. The Morgan fingerprint density at radius 1 is 1.21 bits per heavy atom. The highest BCUT2D eigenvalue weighted by Gasteiger charge is 2.25. The Morgan fingerprint density at radius 3 is 2.54 bits per heavy atom. The SMILES string of the molecule is Cc1cc(C)n(-c2cccc(NC(=O)N3CC(C)OC(C)C3)c2)n1. The summed E-state index contributed by atoms with van der Waals surface area (Å²) in [4.78, 5) is 14.3. The Hall–Kier alpha value is -2.34. The fraction of sp³-hybridized carbons (Fsp3) is 0.444. The second kappa shape index (κ2) is 6.65. The first-order valence-corrected chi connectivity index (χ1v) is 8.27. The van der Waals surface area contributed by atoms with Crippen molar-refractivity contribution in [1.29, 1.82) is 0 Å². The average molecular weight is 328 g/mol. The number of aromatic nitrogens is 2. The Bertz CT molecular complexity index is 730. The molecule has 0 aliphatic carbocycles. The number of nitrogens with zero attached hydrogens (tertiary/aromatic N) is 3. The third-order valence-corrected chi connectivity index (χ3v) is 4.06. The van der Waals surface area contributed by atoms with E-state index in [1.54, 1.807) is 4.90 Å². The average Bonchev–Trinajstić information content (AvgIpc) is 2.85. The monoisotopic (exact) mass is 328 g/mol. The topological polar surface area (TPSA) is 59.4 Å². The minimum atomic E-state index is -0.0949. The molecule has 1 saturated heterocycles. The maximum Gasteiger partial charge on any atom is 0.322 e. The van der Waals surface area contributed by atoms with Crippen molar-refractivity contribution in [1.82, 2.24) is 14.7 Å². The van der Waals surface area contributed by atoms with Gasteiger partial charge in [0.15, 0.2) is 0 Å². The summed E-state index contributed by atoms with van der Waals surface area (Å²) in [6.07, 6.45) is 0.112. The summed E-state index contributed by atoms with van der Waals surface area (Å²) in [6, 6.07) is 9.66. The minimum Gasteiger partial charge on any atom is -0.372 e.